The molecule has 1 aliphatic rings. The van der Waals surface area contributed by atoms with Crippen LogP contribution >= 0.6 is 0 Å². The van der Waals surface area contributed by atoms with E-state index in [-0.39, 0.29) is 12.0 Å². The van der Waals surface area contributed by atoms with E-state index in [4.69, 9.17) is 14.2 Å². The monoisotopic (exact) mass is 304 g/mol. The van der Waals surface area contributed by atoms with Gasteiger partial charge in [0.25, 0.3) is 5.91 Å². The lowest BCUT2D eigenvalue weighted by atomic mass is 10.2. The molecule has 1 aliphatic heterocycles. The summed E-state index contributed by atoms with van der Waals surface area (Å²) in [5.41, 5.74) is 1.35. The summed E-state index contributed by atoms with van der Waals surface area (Å²) in [6.07, 6.45) is 2.20. The number of nitrogens with one attached hydrogen (secondary N) is 2. The summed E-state index contributed by atoms with van der Waals surface area (Å²) in [5.74, 6) is 1.13. The van der Waals surface area contributed by atoms with E-state index in [1.54, 1.807) is 14.2 Å². The predicted octanol–water partition coefficient (Wildman–Crippen LogP) is 2.09. The first-order valence-electron chi connectivity index (χ1n) is 7.36. The van der Waals surface area contributed by atoms with E-state index in [1.807, 2.05) is 18.2 Å². The van der Waals surface area contributed by atoms with Gasteiger partial charge in [-0.3, -0.25) is 4.79 Å². The molecule has 2 heterocycles. The van der Waals surface area contributed by atoms with Crippen LogP contribution in [0.5, 0.6) is 11.5 Å². The van der Waals surface area contributed by atoms with Crippen molar-refractivity contribution in [3.63, 3.8) is 0 Å². The number of aromatic nitrogens is 1. The Morgan fingerprint density at radius 2 is 2.09 bits per heavy atom. The van der Waals surface area contributed by atoms with Crippen molar-refractivity contribution in [1.29, 1.82) is 0 Å². The average Bonchev–Trinajstić information content (AvgIpc) is 3.19. The number of rotatable bonds is 5. The number of benzene rings is 1. The van der Waals surface area contributed by atoms with E-state index >= 15 is 0 Å². The van der Waals surface area contributed by atoms with Crippen molar-refractivity contribution in [3.8, 4) is 11.5 Å². The SMILES string of the molecule is COc1cc2cc(C(=O)NC[C@H]3CCCO3)[nH]c2cc1OC. The first-order valence-corrected chi connectivity index (χ1v) is 7.36. The standard InChI is InChI=1S/C16H20N2O4/c1-20-14-7-10-6-13(18-12(10)8-15(14)21-2)16(19)17-9-11-4-3-5-22-11/h6-8,11,18H,3-5,9H2,1-2H3,(H,17,19)/t11-/m1/s1. The van der Waals surface area contributed by atoms with Gasteiger partial charge in [-0.2, -0.15) is 0 Å². The maximum atomic E-state index is 12.2. The van der Waals surface area contributed by atoms with Gasteiger partial charge in [0, 0.05) is 30.1 Å². The molecule has 0 spiro atoms. The number of carbonyl (C=O) groups is 1. The smallest absolute Gasteiger partial charge is 0.267 e. The number of hydrogen-bond acceptors (Lipinski definition) is 4. The number of carbonyl (C=O) groups excluding carboxylic acids is 1. The van der Waals surface area contributed by atoms with Crippen LogP contribution < -0.4 is 14.8 Å². The molecule has 2 N–H and O–H groups in total. The Labute approximate surface area is 128 Å². The highest BCUT2D eigenvalue weighted by atomic mass is 16.5. The van der Waals surface area contributed by atoms with Gasteiger partial charge < -0.3 is 24.5 Å². The summed E-state index contributed by atoms with van der Waals surface area (Å²) < 4.78 is 16.0. The third kappa shape index (κ3) is 2.87. The molecule has 1 aromatic heterocycles. The van der Waals surface area contributed by atoms with Crippen molar-refractivity contribution in [2.45, 2.75) is 18.9 Å². The number of fused-ring (bicyclic) bond motifs is 1. The molecule has 0 bridgehead atoms. The molecule has 1 aromatic carbocycles. The summed E-state index contributed by atoms with van der Waals surface area (Å²) in [6.45, 7) is 1.33. The number of hydrogen-bond donors (Lipinski definition) is 2. The molecule has 1 saturated heterocycles. The van der Waals surface area contributed by atoms with Crippen LogP contribution in [0.3, 0.4) is 0 Å². The highest BCUT2D eigenvalue weighted by molar-refractivity contribution is 5.98. The fraction of sp³-hybridized carbons (Fsp3) is 0.438. The second-order valence-electron chi connectivity index (χ2n) is 5.32. The largest absolute Gasteiger partial charge is 0.493 e. The molecule has 6 heteroatoms. The molecular formula is C16H20N2O4. The van der Waals surface area contributed by atoms with Gasteiger partial charge in [0.2, 0.25) is 0 Å². The highest BCUT2D eigenvalue weighted by Gasteiger charge is 2.18. The van der Waals surface area contributed by atoms with Crippen molar-refractivity contribution >= 4 is 16.8 Å². The van der Waals surface area contributed by atoms with Crippen LogP contribution in [0.15, 0.2) is 18.2 Å². The van der Waals surface area contributed by atoms with Crippen LogP contribution in [0.1, 0.15) is 23.3 Å². The van der Waals surface area contributed by atoms with Crippen LogP contribution in [0.2, 0.25) is 0 Å². The Kier molecular flexibility index (Phi) is 4.20. The zero-order valence-corrected chi connectivity index (χ0v) is 12.8. The van der Waals surface area contributed by atoms with E-state index in [1.165, 1.54) is 0 Å². The van der Waals surface area contributed by atoms with E-state index in [9.17, 15) is 4.79 Å². The highest BCUT2D eigenvalue weighted by Crippen LogP contribution is 2.32. The number of methoxy groups -OCH3 is 2. The Morgan fingerprint density at radius 1 is 1.32 bits per heavy atom. The van der Waals surface area contributed by atoms with E-state index in [0.29, 0.717) is 23.7 Å². The molecule has 0 aliphatic carbocycles. The molecular weight excluding hydrogens is 284 g/mol. The van der Waals surface area contributed by atoms with Gasteiger partial charge in [-0.25, -0.2) is 0 Å². The van der Waals surface area contributed by atoms with Gasteiger partial charge in [0.15, 0.2) is 11.5 Å². The summed E-state index contributed by atoms with van der Waals surface area (Å²) in [6, 6.07) is 5.48. The van der Waals surface area contributed by atoms with E-state index < -0.39 is 0 Å². The van der Waals surface area contributed by atoms with Gasteiger partial charge in [0.1, 0.15) is 5.69 Å². The van der Waals surface area contributed by atoms with Crippen molar-refractivity contribution in [2.24, 2.45) is 0 Å². The summed E-state index contributed by atoms with van der Waals surface area (Å²) in [5, 5.41) is 3.80. The van der Waals surface area contributed by atoms with E-state index in [0.717, 1.165) is 30.4 Å². The lowest BCUT2D eigenvalue weighted by Gasteiger charge is -2.09. The van der Waals surface area contributed by atoms with Crippen LogP contribution in [-0.4, -0.2) is 44.4 Å². The van der Waals surface area contributed by atoms with Crippen LogP contribution in [0, 0.1) is 0 Å². The minimum Gasteiger partial charge on any atom is -0.493 e. The van der Waals surface area contributed by atoms with Crippen molar-refractivity contribution in [1.82, 2.24) is 10.3 Å². The van der Waals surface area contributed by atoms with Crippen molar-refractivity contribution in [2.75, 3.05) is 27.4 Å². The van der Waals surface area contributed by atoms with Crippen LogP contribution in [0.4, 0.5) is 0 Å². The molecule has 1 amide bonds. The normalized spacial score (nSPS) is 17.6. The Morgan fingerprint density at radius 3 is 2.77 bits per heavy atom. The minimum atomic E-state index is -0.135. The lowest BCUT2D eigenvalue weighted by Crippen LogP contribution is -2.31. The molecule has 3 rings (SSSR count). The van der Waals surface area contributed by atoms with Crippen molar-refractivity contribution < 1.29 is 19.0 Å². The third-order valence-electron chi connectivity index (χ3n) is 3.88. The molecule has 0 saturated carbocycles. The van der Waals surface area contributed by atoms with Gasteiger partial charge >= 0.3 is 0 Å². The van der Waals surface area contributed by atoms with Gasteiger partial charge in [0.05, 0.1) is 20.3 Å². The maximum Gasteiger partial charge on any atom is 0.267 e. The van der Waals surface area contributed by atoms with Crippen molar-refractivity contribution in [3.05, 3.63) is 23.9 Å². The molecule has 22 heavy (non-hydrogen) atoms. The zero-order valence-electron chi connectivity index (χ0n) is 12.8. The third-order valence-corrected chi connectivity index (χ3v) is 3.88. The first-order chi connectivity index (χ1) is 10.7. The number of H-pyrrole nitrogens is 1. The van der Waals surface area contributed by atoms with Gasteiger partial charge in [-0.05, 0) is 25.0 Å². The van der Waals surface area contributed by atoms with Gasteiger partial charge in [-0.1, -0.05) is 0 Å². The maximum absolute atomic E-state index is 12.2. The average molecular weight is 304 g/mol. The molecule has 6 nitrogen and oxygen atoms in total. The zero-order chi connectivity index (χ0) is 15.5. The quantitative estimate of drug-likeness (QED) is 0.887. The second-order valence-corrected chi connectivity index (χ2v) is 5.32. The predicted molar refractivity (Wildman–Crippen MR) is 82.7 cm³/mol. The Hall–Kier alpha value is -2.21. The summed E-state index contributed by atoms with van der Waals surface area (Å²) >= 11 is 0. The number of aromatic amines is 1. The number of amides is 1. The van der Waals surface area contributed by atoms with Crippen LogP contribution in [-0.2, 0) is 4.74 Å². The topological polar surface area (TPSA) is 72.6 Å². The molecule has 1 fully saturated rings. The lowest BCUT2D eigenvalue weighted by molar-refractivity contribution is 0.0854. The van der Waals surface area contributed by atoms with Gasteiger partial charge in [-0.15, -0.1) is 0 Å². The molecule has 0 unspecified atom stereocenters. The molecule has 118 valence electrons. The fourth-order valence-corrected chi connectivity index (χ4v) is 2.69. The summed E-state index contributed by atoms with van der Waals surface area (Å²) in [7, 11) is 3.17. The molecule has 2 aromatic rings. The molecule has 1 atom stereocenters. The Balaban J connectivity index is 1.77. The minimum absolute atomic E-state index is 0.133. The molecule has 0 radical (unpaired) electrons. The van der Waals surface area contributed by atoms with E-state index in [2.05, 4.69) is 10.3 Å². The second kappa shape index (κ2) is 6.27. The first kappa shape index (κ1) is 14.7. The summed E-state index contributed by atoms with van der Waals surface area (Å²) in [4.78, 5) is 15.3. The number of ether oxygens (including phenoxy) is 3. The fourth-order valence-electron chi connectivity index (χ4n) is 2.69. The Bertz CT molecular complexity index is 633. The van der Waals surface area contributed by atoms with Crippen LogP contribution in [0.25, 0.3) is 10.9 Å².